The van der Waals surface area contributed by atoms with Crippen LogP contribution in [0.5, 0.6) is 0 Å². The second-order valence-corrected chi connectivity index (χ2v) is 9.15. The number of H-pyrrole nitrogens is 1. The Balaban J connectivity index is 1.32. The monoisotopic (exact) mass is 491 g/mol. The van der Waals surface area contributed by atoms with E-state index in [-0.39, 0.29) is 17.8 Å². The minimum atomic E-state index is -0.421. The zero-order valence-electron chi connectivity index (χ0n) is 19.2. The van der Waals surface area contributed by atoms with Gasteiger partial charge in [0, 0.05) is 35.0 Å². The molecule has 2 aromatic carbocycles. The molecule has 0 radical (unpaired) electrons. The van der Waals surface area contributed by atoms with Crippen molar-refractivity contribution in [2.75, 3.05) is 24.8 Å². The topological polar surface area (TPSA) is 111 Å². The number of aromatic amines is 1. The van der Waals surface area contributed by atoms with Crippen LogP contribution in [-0.4, -0.2) is 57.2 Å². The molecule has 2 N–H and O–H groups in total. The molecule has 1 aliphatic rings. The van der Waals surface area contributed by atoms with E-state index in [0.29, 0.717) is 23.0 Å². The largest absolute Gasteiger partial charge is 0.465 e. The van der Waals surface area contributed by atoms with Gasteiger partial charge in [-0.2, -0.15) is 0 Å². The summed E-state index contributed by atoms with van der Waals surface area (Å²) in [5.74, 6) is 0.312. The predicted octanol–water partition coefficient (Wildman–Crippen LogP) is 4.12. The standard InChI is InChI=1S/C25H25N5O4S/c1-33-24(32)16-8-10-17(11-9-16)27-22(31)15-35-25-29-28-23(30(25)14-18-5-4-12-34-18)20-13-26-21-7-3-2-6-19(20)21/h2-3,6-11,13,18,26H,4-5,12,14-15H2,1H3,(H,27,31). The first kappa shape index (κ1) is 23.1. The average molecular weight is 492 g/mol. The maximum atomic E-state index is 12.6. The van der Waals surface area contributed by atoms with Crippen LogP contribution in [0.25, 0.3) is 22.3 Å². The molecule has 1 aliphatic heterocycles. The molecule has 1 atom stereocenters. The Morgan fingerprint density at radius 3 is 2.80 bits per heavy atom. The number of ether oxygens (including phenoxy) is 2. The van der Waals surface area contributed by atoms with Crippen LogP contribution in [0.3, 0.4) is 0 Å². The van der Waals surface area contributed by atoms with Crippen molar-refractivity contribution in [1.29, 1.82) is 0 Å². The van der Waals surface area contributed by atoms with Crippen molar-refractivity contribution in [3.8, 4) is 11.4 Å². The van der Waals surface area contributed by atoms with Crippen molar-refractivity contribution in [1.82, 2.24) is 19.7 Å². The number of fused-ring (bicyclic) bond motifs is 1. The van der Waals surface area contributed by atoms with Crippen LogP contribution in [0.2, 0.25) is 0 Å². The normalized spacial score (nSPS) is 15.4. The molecule has 4 aromatic rings. The fraction of sp³-hybridized carbons (Fsp3) is 0.280. The van der Waals surface area contributed by atoms with Crippen molar-refractivity contribution < 1.29 is 19.1 Å². The highest BCUT2D eigenvalue weighted by Gasteiger charge is 2.23. The maximum Gasteiger partial charge on any atom is 0.337 e. The number of rotatable bonds is 8. The van der Waals surface area contributed by atoms with Gasteiger partial charge in [0.25, 0.3) is 0 Å². The zero-order valence-corrected chi connectivity index (χ0v) is 20.0. The number of anilines is 1. The molecule has 180 valence electrons. The van der Waals surface area contributed by atoms with E-state index in [0.717, 1.165) is 41.7 Å². The molecular formula is C25H25N5O4S. The lowest BCUT2D eigenvalue weighted by atomic mass is 10.1. The number of nitrogens with zero attached hydrogens (tertiary/aromatic N) is 3. The molecular weight excluding hydrogens is 466 g/mol. The Bertz CT molecular complexity index is 1340. The van der Waals surface area contributed by atoms with Gasteiger partial charge in [-0.05, 0) is 43.2 Å². The Hall–Kier alpha value is -3.63. The first-order chi connectivity index (χ1) is 17.1. The summed E-state index contributed by atoms with van der Waals surface area (Å²) in [7, 11) is 1.33. The van der Waals surface area contributed by atoms with E-state index in [2.05, 4.69) is 31.1 Å². The van der Waals surface area contributed by atoms with E-state index in [9.17, 15) is 9.59 Å². The van der Waals surface area contributed by atoms with E-state index in [4.69, 9.17) is 9.47 Å². The summed E-state index contributed by atoms with van der Waals surface area (Å²) in [4.78, 5) is 27.5. The molecule has 1 unspecified atom stereocenters. The van der Waals surface area contributed by atoms with Gasteiger partial charge >= 0.3 is 5.97 Å². The van der Waals surface area contributed by atoms with Crippen LogP contribution in [0.1, 0.15) is 23.2 Å². The molecule has 1 fully saturated rings. The van der Waals surface area contributed by atoms with Gasteiger partial charge in [0.1, 0.15) is 0 Å². The molecule has 0 spiro atoms. The summed E-state index contributed by atoms with van der Waals surface area (Å²) in [6.45, 7) is 1.38. The molecule has 3 heterocycles. The fourth-order valence-corrected chi connectivity index (χ4v) is 4.89. The first-order valence-electron chi connectivity index (χ1n) is 11.3. The number of aromatic nitrogens is 4. The number of nitrogens with one attached hydrogen (secondary N) is 2. The van der Waals surface area contributed by atoms with Crippen molar-refractivity contribution in [2.45, 2.75) is 30.6 Å². The van der Waals surface area contributed by atoms with Crippen molar-refractivity contribution in [3.63, 3.8) is 0 Å². The Kier molecular flexibility index (Phi) is 6.82. The van der Waals surface area contributed by atoms with Gasteiger partial charge in [0.05, 0.1) is 31.1 Å². The van der Waals surface area contributed by atoms with Gasteiger partial charge in [0.2, 0.25) is 5.91 Å². The number of thioether (sulfide) groups is 1. The molecule has 2 aromatic heterocycles. The number of carbonyl (C=O) groups is 2. The van der Waals surface area contributed by atoms with E-state index in [1.165, 1.54) is 18.9 Å². The summed E-state index contributed by atoms with van der Waals surface area (Å²) >= 11 is 1.33. The summed E-state index contributed by atoms with van der Waals surface area (Å²) in [5, 5.41) is 13.5. The van der Waals surface area contributed by atoms with E-state index < -0.39 is 5.97 Å². The zero-order chi connectivity index (χ0) is 24.2. The SMILES string of the molecule is COC(=O)c1ccc(NC(=O)CSc2nnc(-c3c[nH]c4ccccc34)n2CC2CCCO2)cc1. The third-order valence-electron chi connectivity index (χ3n) is 5.88. The molecule has 5 rings (SSSR count). The second-order valence-electron chi connectivity index (χ2n) is 8.21. The minimum Gasteiger partial charge on any atom is -0.465 e. The lowest BCUT2D eigenvalue weighted by Crippen LogP contribution is -2.18. The summed E-state index contributed by atoms with van der Waals surface area (Å²) in [5.41, 5.74) is 3.02. The smallest absolute Gasteiger partial charge is 0.337 e. The van der Waals surface area contributed by atoms with E-state index in [1.54, 1.807) is 24.3 Å². The number of methoxy groups -OCH3 is 1. The second kappa shape index (κ2) is 10.3. The first-order valence-corrected chi connectivity index (χ1v) is 12.3. The molecule has 1 saturated heterocycles. The van der Waals surface area contributed by atoms with Crippen LogP contribution < -0.4 is 5.32 Å². The highest BCUT2D eigenvalue weighted by Crippen LogP contribution is 2.31. The molecule has 0 bridgehead atoms. The number of amides is 1. The number of esters is 1. The fourth-order valence-electron chi connectivity index (χ4n) is 4.14. The van der Waals surface area contributed by atoms with Crippen LogP contribution in [-0.2, 0) is 20.8 Å². The van der Waals surface area contributed by atoms with Gasteiger partial charge in [0.15, 0.2) is 11.0 Å². The van der Waals surface area contributed by atoms with Crippen molar-refractivity contribution >= 4 is 40.2 Å². The number of benzene rings is 2. The van der Waals surface area contributed by atoms with E-state index >= 15 is 0 Å². The van der Waals surface area contributed by atoms with Crippen molar-refractivity contribution in [2.24, 2.45) is 0 Å². The summed E-state index contributed by atoms with van der Waals surface area (Å²) in [6, 6.07) is 14.6. The average Bonchev–Trinajstić information content (AvgIpc) is 3.63. The van der Waals surface area contributed by atoms with Crippen LogP contribution in [0.4, 0.5) is 5.69 Å². The van der Waals surface area contributed by atoms with Crippen LogP contribution in [0.15, 0.2) is 59.9 Å². The molecule has 0 aliphatic carbocycles. The third kappa shape index (κ3) is 5.08. The highest BCUT2D eigenvalue weighted by molar-refractivity contribution is 7.99. The number of para-hydroxylation sites is 1. The minimum absolute atomic E-state index is 0.0939. The van der Waals surface area contributed by atoms with Gasteiger partial charge < -0.3 is 19.8 Å². The molecule has 9 nitrogen and oxygen atoms in total. The van der Waals surface area contributed by atoms with Gasteiger partial charge in [-0.25, -0.2) is 4.79 Å². The highest BCUT2D eigenvalue weighted by atomic mass is 32.2. The Morgan fingerprint density at radius 2 is 2.03 bits per heavy atom. The molecule has 0 saturated carbocycles. The van der Waals surface area contributed by atoms with Gasteiger partial charge in [-0.1, -0.05) is 30.0 Å². The Labute approximate surface area is 206 Å². The van der Waals surface area contributed by atoms with Crippen molar-refractivity contribution in [3.05, 3.63) is 60.3 Å². The van der Waals surface area contributed by atoms with Gasteiger partial charge in [-0.15, -0.1) is 10.2 Å². The van der Waals surface area contributed by atoms with Crippen LogP contribution >= 0.6 is 11.8 Å². The predicted molar refractivity (Wildman–Crippen MR) is 133 cm³/mol. The molecule has 10 heteroatoms. The maximum absolute atomic E-state index is 12.6. The summed E-state index contributed by atoms with van der Waals surface area (Å²) < 4.78 is 12.6. The Morgan fingerprint density at radius 1 is 1.20 bits per heavy atom. The molecule has 1 amide bonds. The lowest BCUT2D eigenvalue weighted by molar-refractivity contribution is -0.113. The summed E-state index contributed by atoms with van der Waals surface area (Å²) in [6.07, 6.45) is 4.06. The number of hydrogen-bond acceptors (Lipinski definition) is 7. The number of carbonyl (C=O) groups excluding carboxylic acids is 2. The third-order valence-corrected chi connectivity index (χ3v) is 6.85. The van der Waals surface area contributed by atoms with E-state index in [1.807, 2.05) is 24.4 Å². The molecule has 35 heavy (non-hydrogen) atoms. The van der Waals surface area contributed by atoms with Crippen LogP contribution in [0, 0.1) is 0 Å². The quantitative estimate of drug-likeness (QED) is 0.282. The lowest BCUT2D eigenvalue weighted by Gasteiger charge is -2.14. The number of hydrogen-bond donors (Lipinski definition) is 2. The van der Waals surface area contributed by atoms with Gasteiger partial charge in [-0.3, -0.25) is 9.36 Å².